The number of methoxy groups -OCH3 is 1. The van der Waals surface area contributed by atoms with Crippen LogP contribution in [0.4, 0.5) is 10.2 Å². The molecule has 1 saturated carbocycles. The van der Waals surface area contributed by atoms with E-state index in [1.54, 1.807) is 25.6 Å². The fraction of sp³-hybridized carbons (Fsp3) is 0.250. The minimum Gasteiger partial charge on any atom is -0.481 e. The predicted molar refractivity (Wildman–Crippen MR) is 97.9 cm³/mol. The van der Waals surface area contributed by atoms with E-state index in [1.165, 1.54) is 0 Å². The number of carbonyl (C=O) groups excluding carboxylic acids is 1. The minimum atomic E-state index is -1.02. The fourth-order valence-corrected chi connectivity index (χ4v) is 3.06. The van der Waals surface area contributed by atoms with Gasteiger partial charge in [0, 0.05) is 23.3 Å². The maximum absolute atomic E-state index is 13.0. The first kappa shape index (κ1) is 16.4. The van der Waals surface area contributed by atoms with Crippen molar-refractivity contribution < 1.29 is 13.9 Å². The highest BCUT2D eigenvalue weighted by Crippen LogP contribution is 2.35. The number of hydrogen-bond donors (Lipinski definition) is 1. The van der Waals surface area contributed by atoms with Crippen LogP contribution in [0.25, 0.3) is 21.9 Å². The average Bonchev–Trinajstić information content (AvgIpc) is 3.38. The second-order valence-corrected chi connectivity index (χ2v) is 6.49. The maximum atomic E-state index is 13.0. The number of nitrogens with one attached hydrogen (secondary N) is 1. The van der Waals surface area contributed by atoms with Crippen molar-refractivity contribution in [3.8, 4) is 17.0 Å². The first-order chi connectivity index (χ1) is 12.6. The van der Waals surface area contributed by atoms with Crippen LogP contribution in [0.5, 0.6) is 5.88 Å². The predicted octanol–water partition coefficient (Wildman–Crippen LogP) is 3.91. The average molecular weight is 351 g/mol. The molecule has 132 valence electrons. The molecule has 0 spiro atoms. The Labute approximate surface area is 150 Å². The number of benzene rings is 1. The zero-order valence-electron chi connectivity index (χ0n) is 14.5. The molecule has 4 rings (SSSR count). The number of fused-ring (bicyclic) bond motifs is 1. The lowest BCUT2D eigenvalue weighted by Crippen LogP contribution is -2.15. The second-order valence-electron chi connectivity index (χ2n) is 6.49. The molecule has 6 heteroatoms. The van der Waals surface area contributed by atoms with E-state index in [1.807, 2.05) is 31.2 Å². The summed E-state index contributed by atoms with van der Waals surface area (Å²) in [5.41, 5.74) is 2.99. The van der Waals surface area contributed by atoms with Crippen LogP contribution in [0.15, 0.2) is 42.7 Å². The van der Waals surface area contributed by atoms with Gasteiger partial charge in [-0.3, -0.25) is 4.79 Å². The summed E-state index contributed by atoms with van der Waals surface area (Å²) in [4.78, 5) is 20.4. The number of aryl methyl sites for hydroxylation is 1. The van der Waals surface area contributed by atoms with Crippen molar-refractivity contribution in [3.05, 3.63) is 48.3 Å². The lowest BCUT2D eigenvalue weighted by molar-refractivity contribution is -0.117. The number of pyridine rings is 2. The molecular weight excluding hydrogens is 333 g/mol. The molecule has 2 aromatic heterocycles. The van der Waals surface area contributed by atoms with Crippen LogP contribution < -0.4 is 10.1 Å². The molecule has 1 amide bonds. The molecule has 1 N–H and O–H groups in total. The Balaban J connectivity index is 1.67. The van der Waals surface area contributed by atoms with Gasteiger partial charge in [-0.25, -0.2) is 14.4 Å². The van der Waals surface area contributed by atoms with E-state index in [4.69, 9.17) is 4.74 Å². The summed E-state index contributed by atoms with van der Waals surface area (Å²) in [7, 11) is 1.60. The molecule has 2 atom stereocenters. The van der Waals surface area contributed by atoms with E-state index in [0.29, 0.717) is 18.1 Å². The minimum absolute atomic E-state index is 0.301. The number of hydrogen-bond acceptors (Lipinski definition) is 4. The molecule has 0 unspecified atom stereocenters. The molecule has 3 aromatic rings. The van der Waals surface area contributed by atoms with Gasteiger partial charge >= 0.3 is 0 Å². The van der Waals surface area contributed by atoms with Gasteiger partial charge in [0.25, 0.3) is 0 Å². The Hall–Kier alpha value is -3.02. The van der Waals surface area contributed by atoms with Crippen molar-refractivity contribution in [3.63, 3.8) is 0 Å². The van der Waals surface area contributed by atoms with Gasteiger partial charge < -0.3 is 10.1 Å². The van der Waals surface area contributed by atoms with Crippen molar-refractivity contribution in [2.24, 2.45) is 5.92 Å². The number of halogens is 1. The zero-order chi connectivity index (χ0) is 18.3. The van der Waals surface area contributed by atoms with Crippen LogP contribution in [0, 0.1) is 12.8 Å². The fourth-order valence-electron chi connectivity index (χ4n) is 3.06. The quantitative estimate of drug-likeness (QED) is 0.774. The summed E-state index contributed by atoms with van der Waals surface area (Å²) < 4.78 is 18.4. The summed E-state index contributed by atoms with van der Waals surface area (Å²) in [6, 6.07) is 9.69. The first-order valence-electron chi connectivity index (χ1n) is 8.41. The number of alkyl halides is 1. The van der Waals surface area contributed by atoms with E-state index >= 15 is 0 Å². The summed E-state index contributed by atoms with van der Waals surface area (Å²) in [5, 5.41) is 4.55. The summed E-state index contributed by atoms with van der Waals surface area (Å²) in [6.45, 7) is 2.01. The molecule has 0 radical (unpaired) electrons. The van der Waals surface area contributed by atoms with Gasteiger partial charge in [0.05, 0.1) is 13.0 Å². The number of rotatable bonds is 4. The van der Waals surface area contributed by atoms with Crippen molar-refractivity contribution in [1.29, 1.82) is 0 Å². The van der Waals surface area contributed by atoms with E-state index in [2.05, 4.69) is 15.3 Å². The molecule has 0 aliphatic heterocycles. The van der Waals surface area contributed by atoms with Gasteiger partial charge in [-0.2, -0.15) is 0 Å². The Morgan fingerprint density at radius 3 is 2.77 bits per heavy atom. The molecule has 5 nitrogen and oxygen atoms in total. The van der Waals surface area contributed by atoms with Gasteiger partial charge in [0.15, 0.2) is 0 Å². The molecule has 26 heavy (non-hydrogen) atoms. The summed E-state index contributed by atoms with van der Waals surface area (Å²) >= 11 is 0. The molecule has 1 fully saturated rings. The number of ether oxygens (including phenoxy) is 1. The molecule has 0 saturated heterocycles. The zero-order valence-corrected chi connectivity index (χ0v) is 14.5. The Bertz CT molecular complexity index is 1010. The Morgan fingerprint density at radius 1 is 1.23 bits per heavy atom. The van der Waals surface area contributed by atoms with E-state index in [9.17, 15) is 9.18 Å². The normalized spacial score (nSPS) is 18.6. The molecular formula is C20H18FN3O2. The lowest BCUT2D eigenvalue weighted by Gasteiger charge is -2.11. The highest BCUT2D eigenvalue weighted by atomic mass is 19.1. The maximum Gasteiger partial charge on any atom is 0.231 e. The van der Waals surface area contributed by atoms with Gasteiger partial charge in [0.2, 0.25) is 11.8 Å². The highest BCUT2D eigenvalue weighted by Gasteiger charge is 2.43. The van der Waals surface area contributed by atoms with Crippen LogP contribution >= 0.6 is 0 Å². The summed E-state index contributed by atoms with van der Waals surface area (Å²) in [6.07, 6.45) is 2.70. The molecule has 1 aromatic carbocycles. The first-order valence-corrected chi connectivity index (χ1v) is 8.41. The molecule has 2 heterocycles. The van der Waals surface area contributed by atoms with Gasteiger partial charge in [-0.05, 0) is 48.1 Å². The van der Waals surface area contributed by atoms with Crippen LogP contribution in [-0.4, -0.2) is 29.2 Å². The van der Waals surface area contributed by atoms with Crippen molar-refractivity contribution in [2.45, 2.75) is 19.5 Å². The van der Waals surface area contributed by atoms with E-state index < -0.39 is 12.1 Å². The Morgan fingerprint density at radius 2 is 2.04 bits per heavy atom. The van der Waals surface area contributed by atoms with Crippen LogP contribution in [0.3, 0.4) is 0 Å². The smallest absolute Gasteiger partial charge is 0.231 e. The molecule has 0 bridgehead atoms. The third kappa shape index (κ3) is 2.98. The second kappa shape index (κ2) is 6.37. The van der Waals surface area contributed by atoms with Crippen LogP contribution in [0.1, 0.15) is 12.0 Å². The van der Waals surface area contributed by atoms with Gasteiger partial charge in [-0.1, -0.05) is 12.1 Å². The van der Waals surface area contributed by atoms with Gasteiger partial charge in [0.1, 0.15) is 12.0 Å². The van der Waals surface area contributed by atoms with Crippen molar-refractivity contribution >= 4 is 22.5 Å². The topological polar surface area (TPSA) is 64.1 Å². The Kier molecular flexibility index (Phi) is 4.03. The number of anilines is 1. The van der Waals surface area contributed by atoms with Crippen LogP contribution in [0.2, 0.25) is 0 Å². The SMILES string of the molecule is COc1nccc(C)c1-c1ccc2cc(NC(=O)[C@@H]3C[C@@H]3F)ncc2c1. The van der Waals surface area contributed by atoms with Crippen LogP contribution in [-0.2, 0) is 4.79 Å². The van der Waals surface area contributed by atoms with Crippen molar-refractivity contribution in [2.75, 3.05) is 12.4 Å². The van der Waals surface area contributed by atoms with Gasteiger partial charge in [-0.15, -0.1) is 0 Å². The molecule has 1 aliphatic rings. The highest BCUT2D eigenvalue weighted by molar-refractivity contribution is 5.96. The lowest BCUT2D eigenvalue weighted by atomic mass is 9.99. The number of carbonyl (C=O) groups is 1. The third-order valence-electron chi connectivity index (χ3n) is 4.63. The van der Waals surface area contributed by atoms with E-state index in [0.717, 1.165) is 27.5 Å². The van der Waals surface area contributed by atoms with E-state index in [-0.39, 0.29) is 5.91 Å². The monoisotopic (exact) mass is 351 g/mol. The largest absolute Gasteiger partial charge is 0.481 e. The number of aromatic nitrogens is 2. The number of amides is 1. The molecule has 1 aliphatic carbocycles. The van der Waals surface area contributed by atoms with Crippen molar-refractivity contribution in [1.82, 2.24) is 9.97 Å². The number of nitrogens with zero attached hydrogens (tertiary/aromatic N) is 2. The standard InChI is InChI=1S/C20H18FN3O2/c1-11-5-6-22-20(26-2)18(11)13-4-3-12-8-17(23-10-14(12)7-13)24-19(25)15-9-16(15)21/h3-8,10,15-16H,9H2,1-2H3,(H,23,24,25)/t15-,16+/m1/s1. The third-order valence-corrected chi connectivity index (χ3v) is 4.63. The summed E-state index contributed by atoms with van der Waals surface area (Å²) in [5.74, 6) is 0.170.